The minimum atomic E-state index is -0.134. The summed E-state index contributed by atoms with van der Waals surface area (Å²) in [6.45, 7) is 11.2. The molecule has 0 unspecified atom stereocenters. The molecule has 2 N–H and O–H groups in total. The highest BCUT2D eigenvalue weighted by Gasteiger charge is 2.41. The number of aromatic nitrogens is 2. The first-order chi connectivity index (χ1) is 19.3. The summed E-state index contributed by atoms with van der Waals surface area (Å²) in [7, 11) is 0. The summed E-state index contributed by atoms with van der Waals surface area (Å²) < 4.78 is 2.33. The maximum atomic E-state index is 13.1. The fourth-order valence-corrected chi connectivity index (χ4v) is 6.14. The van der Waals surface area contributed by atoms with Crippen molar-refractivity contribution in [3.63, 3.8) is 0 Å². The number of rotatable bonds is 8. The number of anilines is 1. The average molecular weight is 552 g/mol. The quantitative estimate of drug-likeness (QED) is 0.240. The van der Waals surface area contributed by atoms with E-state index in [1.165, 1.54) is 22.4 Å². The molecule has 0 saturated carbocycles. The number of thiocarbonyl (C=S) groups is 1. The Bertz CT molecular complexity index is 1540. The zero-order valence-electron chi connectivity index (χ0n) is 23.9. The van der Waals surface area contributed by atoms with Gasteiger partial charge in [0.05, 0.1) is 17.8 Å². The molecule has 206 valence electrons. The van der Waals surface area contributed by atoms with Gasteiger partial charge in [-0.2, -0.15) is 0 Å². The van der Waals surface area contributed by atoms with Gasteiger partial charge in [0.2, 0.25) is 5.91 Å². The highest BCUT2D eigenvalue weighted by atomic mass is 32.1. The number of nitrogens with zero attached hydrogens (tertiary/aromatic N) is 3. The van der Waals surface area contributed by atoms with Crippen molar-refractivity contribution >= 4 is 28.9 Å². The molecular weight excluding hydrogens is 514 g/mol. The monoisotopic (exact) mass is 551 g/mol. The molecule has 2 aromatic carbocycles. The van der Waals surface area contributed by atoms with Gasteiger partial charge in [0.1, 0.15) is 0 Å². The zero-order chi connectivity index (χ0) is 28.4. The Kier molecular flexibility index (Phi) is 8.03. The summed E-state index contributed by atoms with van der Waals surface area (Å²) in [6, 6.07) is 22.4. The van der Waals surface area contributed by atoms with Crippen LogP contribution in [-0.4, -0.2) is 32.0 Å². The molecule has 5 rings (SSSR count). The summed E-state index contributed by atoms with van der Waals surface area (Å²) in [5.41, 5.74) is 10.1. The molecule has 1 aliphatic rings. The second kappa shape index (κ2) is 11.6. The maximum absolute atomic E-state index is 13.1. The molecule has 4 aromatic rings. The predicted octanol–water partition coefficient (Wildman–Crippen LogP) is 6.67. The molecule has 40 heavy (non-hydrogen) atoms. The van der Waals surface area contributed by atoms with Crippen LogP contribution in [0.3, 0.4) is 0 Å². The molecule has 2 atom stereocenters. The van der Waals surface area contributed by atoms with Crippen molar-refractivity contribution in [3.8, 4) is 5.69 Å². The number of hydrogen-bond donors (Lipinski definition) is 2. The number of hydrogen-bond acceptors (Lipinski definition) is 3. The van der Waals surface area contributed by atoms with E-state index in [4.69, 9.17) is 12.2 Å². The van der Waals surface area contributed by atoms with Crippen molar-refractivity contribution in [2.75, 3.05) is 11.9 Å². The van der Waals surface area contributed by atoms with Gasteiger partial charge in [0.25, 0.3) is 0 Å². The average Bonchev–Trinajstić information content (AvgIpc) is 3.44. The van der Waals surface area contributed by atoms with E-state index in [1.54, 1.807) is 0 Å². The Hall–Kier alpha value is -3.97. The lowest BCUT2D eigenvalue weighted by Gasteiger charge is -2.28. The maximum Gasteiger partial charge on any atom is 0.226 e. The number of carbonyl (C=O) groups excluding carboxylic acids is 1. The van der Waals surface area contributed by atoms with E-state index in [0.29, 0.717) is 18.1 Å². The van der Waals surface area contributed by atoms with Crippen LogP contribution in [0, 0.1) is 27.7 Å². The van der Waals surface area contributed by atoms with E-state index in [2.05, 4.69) is 84.0 Å². The molecule has 1 aliphatic heterocycles. The van der Waals surface area contributed by atoms with Crippen LogP contribution in [0.4, 0.5) is 5.69 Å². The van der Waals surface area contributed by atoms with Crippen molar-refractivity contribution in [2.24, 2.45) is 0 Å². The Morgan fingerprint density at radius 2 is 1.80 bits per heavy atom. The van der Waals surface area contributed by atoms with Crippen LogP contribution < -0.4 is 10.6 Å². The van der Waals surface area contributed by atoms with Gasteiger partial charge in [0.15, 0.2) is 5.11 Å². The highest BCUT2D eigenvalue weighted by molar-refractivity contribution is 7.80. The molecule has 0 bridgehead atoms. The van der Waals surface area contributed by atoms with E-state index in [1.807, 2.05) is 48.7 Å². The first kappa shape index (κ1) is 27.6. The van der Waals surface area contributed by atoms with Gasteiger partial charge in [-0.1, -0.05) is 43.3 Å². The molecule has 0 spiro atoms. The van der Waals surface area contributed by atoms with Crippen molar-refractivity contribution in [1.29, 1.82) is 0 Å². The molecular formula is C33H37N5OS. The molecule has 0 aliphatic carbocycles. The van der Waals surface area contributed by atoms with Crippen molar-refractivity contribution in [3.05, 3.63) is 112 Å². The Morgan fingerprint density at radius 1 is 1.02 bits per heavy atom. The van der Waals surface area contributed by atoms with Crippen molar-refractivity contribution < 1.29 is 4.79 Å². The number of para-hydroxylation sites is 1. The van der Waals surface area contributed by atoms with Crippen LogP contribution in [0.15, 0.2) is 72.9 Å². The van der Waals surface area contributed by atoms with Crippen LogP contribution >= 0.6 is 12.2 Å². The van der Waals surface area contributed by atoms with Gasteiger partial charge in [-0.3, -0.25) is 9.78 Å². The third kappa shape index (κ3) is 5.26. The van der Waals surface area contributed by atoms with Gasteiger partial charge in [-0.05, 0) is 98.9 Å². The summed E-state index contributed by atoms with van der Waals surface area (Å²) in [5, 5.41) is 7.28. The number of pyridine rings is 1. The van der Waals surface area contributed by atoms with Crippen LogP contribution in [-0.2, 0) is 11.2 Å². The smallest absolute Gasteiger partial charge is 0.226 e. The van der Waals surface area contributed by atoms with Crippen LogP contribution in [0.5, 0.6) is 0 Å². The molecule has 1 fully saturated rings. The van der Waals surface area contributed by atoms with Gasteiger partial charge in [-0.15, -0.1) is 0 Å². The molecule has 1 saturated heterocycles. The zero-order valence-corrected chi connectivity index (χ0v) is 24.7. The molecule has 6 nitrogen and oxygen atoms in total. The molecule has 0 radical (unpaired) electrons. The van der Waals surface area contributed by atoms with Gasteiger partial charge in [-0.25, -0.2) is 0 Å². The third-order valence-electron chi connectivity index (χ3n) is 8.06. The Labute approximate surface area is 242 Å². The third-order valence-corrected chi connectivity index (χ3v) is 8.41. The van der Waals surface area contributed by atoms with E-state index in [0.717, 1.165) is 34.8 Å². The van der Waals surface area contributed by atoms with E-state index in [-0.39, 0.29) is 18.0 Å². The lowest BCUT2D eigenvalue weighted by atomic mass is 9.96. The SMILES string of the molecule is CCc1ccccc1NC(=O)CCN1C(=S)N[C@@H](c2ccccn2)[C@@H]1c1cc(C)n(-c2cccc(C)c2C)c1C. The molecule has 2 aromatic heterocycles. The molecule has 3 heterocycles. The largest absolute Gasteiger partial charge is 0.352 e. The number of benzene rings is 2. The fourth-order valence-electron chi connectivity index (χ4n) is 5.81. The standard InChI is InChI=1S/C33H37N5OS/c1-6-25-13-7-8-14-27(25)35-30(39)17-19-37-32(31(36-33(37)40)28-15-9-10-18-34-28)26-20-22(3)38(24(26)5)29-16-11-12-21(2)23(29)4/h7-16,18,20,31-32H,6,17,19H2,1-5H3,(H,35,39)(H,36,40)/t31-,32-/m0/s1. The summed E-state index contributed by atoms with van der Waals surface area (Å²) in [6.07, 6.45) is 3.00. The highest BCUT2D eigenvalue weighted by Crippen LogP contribution is 2.41. The molecule has 1 amide bonds. The van der Waals surface area contributed by atoms with E-state index >= 15 is 0 Å². The van der Waals surface area contributed by atoms with E-state index < -0.39 is 0 Å². The Morgan fingerprint density at radius 3 is 2.55 bits per heavy atom. The van der Waals surface area contributed by atoms with Gasteiger partial charge < -0.3 is 20.1 Å². The first-order valence-corrected chi connectivity index (χ1v) is 14.3. The summed E-state index contributed by atoms with van der Waals surface area (Å²) in [4.78, 5) is 19.9. The molecule has 7 heteroatoms. The van der Waals surface area contributed by atoms with Gasteiger partial charge in [0, 0.05) is 41.9 Å². The van der Waals surface area contributed by atoms with Crippen LogP contribution in [0.2, 0.25) is 0 Å². The number of carbonyl (C=O) groups is 1. The lowest BCUT2D eigenvalue weighted by Crippen LogP contribution is -2.33. The number of aryl methyl sites for hydroxylation is 3. The van der Waals surface area contributed by atoms with Crippen molar-refractivity contribution in [2.45, 2.75) is 59.5 Å². The van der Waals surface area contributed by atoms with E-state index in [9.17, 15) is 4.79 Å². The number of nitrogens with one attached hydrogen (secondary N) is 2. The second-order valence-electron chi connectivity index (χ2n) is 10.5. The second-order valence-corrected chi connectivity index (χ2v) is 10.9. The van der Waals surface area contributed by atoms with Crippen LogP contribution in [0.25, 0.3) is 5.69 Å². The Balaban J connectivity index is 1.49. The topological polar surface area (TPSA) is 62.2 Å². The lowest BCUT2D eigenvalue weighted by molar-refractivity contribution is -0.116. The van der Waals surface area contributed by atoms with Crippen LogP contribution in [0.1, 0.15) is 64.8 Å². The summed E-state index contributed by atoms with van der Waals surface area (Å²) >= 11 is 5.88. The van der Waals surface area contributed by atoms with Gasteiger partial charge >= 0.3 is 0 Å². The first-order valence-electron chi connectivity index (χ1n) is 13.9. The predicted molar refractivity (Wildman–Crippen MR) is 166 cm³/mol. The fraction of sp³-hybridized carbons (Fsp3) is 0.303. The van der Waals surface area contributed by atoms with Crippen molar-refractivity contribution in [1.82, 2.24) is 19.8 Å². The minimum absolute atomic E-state index is 0.0235. The summed E-state index contributed by atoms with van der Waals surface area (Å²) in [5.74, 6) is -0.0235. The minimum Gasteiger partial charge on any atom is -0.352 e. The normalized spacial score (nSPS) is 16.7. The number of amides is 1.